The minimum atomic E-state index is -1.07. The normalized spacial score (nSPS) is 17.4. The summed E-state index contributed by atoms with van der Waals surface area (Å²) in [4.78, 5) is 10.7. The van der Waals surface area contributed by atoms with Crippen molar-refractivity contribution in [2.24, 2.45) is 11.7 Å². The molecule has 0 aliphatic carbocycles. The first-order valence-corrected chi connectivity index (χ1v) is 6.15. The van der Waals surface area contributed by atoms with Crippen LogP contribution in [-0.4, -0.2) is 28.1 Å². The van der Waals surface area contributed by atoms with Crippen molar-refractivity contribution in [3.8, 4) is 0 Å². The van der Waals surface area contributed by atoms with Gasteiger partial charge in [-0.3, -0.25) is 4.79 Å². The van der Waals surface area contributed by atoms with E-state index in [-0.39, 0.29) is 0 Å². The van der Waals surface area contributed by atoms with Crippen LogP contribution >= 0.6 is 11.8 Å². The minimum absolute atomic E-state index is 0.531. The molecule has 4 heteroatoms. The summed E-state index contributed by atoms with van der Waals surface area (Å²) in [7, 11) is 0. The molecule has 2 unspecified atom stereocenters. The van der Waals surface area contributed by atoms with Crippen LogP contribution in [0, 0.1) is 5.92 Å². The first-order valence-electron chi connectivity index (χ1n) is 5.00. The van der Waals surface area contributed by atoms with E-state index in [1.54, 1.807) is 18.7 Å². The Bertz CT molecular complexity index is 183. The van der Waals surface area contributed by atoms with Gasteiger partial charge in [0.25, 0.3) is 0 Å². The number of nitrogens with two attached hydrogens (primary N) is 1. The Labute approximate surface area is 90.4 Å². The van der Waals surface area contributed by atoms with E-state index >= 15 is 0 Å². The van der Waals surface area contributed by atoms with Crippen molar-refractivity contribution >= 4 is 17.7 Å². The lowest BCUT2D eigenvalue weighted by Crippen LogP contribution is -2.45. The topological polar surface area (TPSA) is 63.3 Å². The molecule has 0 amide bonds. The SMILES string of the molecule is CCC(C)CSCCC(C)(N)C(=O)O. The molecular weight excluding hydrogens is 198 g/mol. The Hall–Kier alpha value is -0.220. The summed E-state index contributed by atoms with van der Waals surface area (Å²) in [6.07, 6.45) is 1.70. The third kappa shape index (κ3) is 5.50. The summed E-state index contributed by atoms with van der Waals surface area (Å²) in [5, 5.41) is 8.76. The maximum absolute atomic E-state index is 10.7. The van der Waals surface area contributed by atoms with Crippen LogP contribution < -0.4 is 5.73 Å². The molecule has 84 valence electrons. The van der Waals surface area contributed by atoms with Crippen molar-refractivity contribution in [1.29, 1.82) is 0 Å². The van der Waals surface area contributed by atoms with E-state index in [9.17, 15) is 4.79 Å². The molecule has 0 fully saturated rings. The van der Waals surface area contributed by atoms with Crippen molar-refractivity contribution in [1.82, 2.24) is 0 Å². The quantitative estimate of drug-likeness (QED) is 0.642. The summed E-state index contributed by atoms with van der Waals surface area (Å²) in [5.41, 5.74) is 4.53. The van der Waals surface area contributed by atoms with Crippen molar-refractivity contribution in [2.75, 3.05) is 11.5 Å². The Kier molecular flexibility index (Phi) is 6.20. The summed E-state index contributed by atoms with van der Waals surface area (Å²) in [5.74, 6) is 1.70. The van der Waals surface area contributed by atoms with Gasteiger partial charge in [-0.1, -0.05) is 20.3 Å². The molecule has 0 aromatic carbocycles. The van der Waals surface area contributed by atoms with E-state index in [4.69, 9.17) is 10.8 Å². The number of carboxylic acids is 1. The summed E-state index contributed by atoms with van der Waals surface area (Å²) in [6.45, 7) is 5.93. The number of rotatable bonds is 7. The Morgan fingerprint density at radius 2 is 2.21 bits per heavy atom. The molecule has 3 N–H and O–H groups in total. The maximum atomic E-state index is 10.7. The van der Waals surface area contributed by atoms with Gasteiger partial charge in [0, 0.05) is 0 Å². The monoisotopic (exact) mass is 219 g/mol. The minimum Gasteiger partial charge on any atom is -0.480 e. The molecule has 0 spiro atoms. The molecule has 0 bridgehead atoms. The third-order valence-electron chi connectivity index (χ3n) is 2.35. The van der Waals surface area contributed by atoms with Crippen LogP contribution in [0.1, 0.15) is 33.6 Å². The van der Waals surface area contributed by atoms with Crippen LogP contribution in [0.2, 0.25) is 0 Å². The van der Waals surface area contributed by atoms with E-state index in [0.717, 1.165) is 11.5 Å². The van der Waals surface area contributed by atoms with E-state index < -0.39 is 11.5 Å². The van der Waals surface area contributed by atoms with Gasteiger partial charge >= 0.3 is 5.97 Å². The molecule has 0 aromatic rings. The maximum Gasteiger partial charge on any atom is 0.323 e. The van der Waals surface area contributed by atoms with Gasteiger partial charge < -0.3 is 10.8 Å². The molecule has 0 radical (unpaired) electrons. The zero-order chi connectivity index (χ0) is 11.2. The fourth-order valence-electron chi connectivity index (χ4n) is 0.793. The average molecular weight is 219 g/mol. The summed E-state index contributed by atoms with van der Waals surface area (Å²) < 4.78 is 0. The summed E-state index contributed by atoms with van der Waals surface area (Å²) >= 11 is 1.79. The number of hydrogen-bond acceptors (Lipinski definition) is 3. The fourth-order valence-corrected chi connectivity index (χ4v) is 2.17. The first kappa shape index (κ1) is 13.8. The smallest absolute Gasteiger partial charge is 0.323 e. The molecular formula is C10H21NO2S. The van der Waals surface area contributed by atoms with Crippen LogP contribution in [-0.2, 0) is 4.79 Å². The number of carbonyl (C=O) groups is 1. The molecule has 0 aliphatic rings. The van der Waals surface area contributed by atoms with Crippen LogP contribution in [0.25, 0.3) is 0 Å². The lowest BCUT2D eigenvalue weighted by molar-refractivity contribution is -0.142. The van der Waals surface area contributed by atoms with Gasteiger partial charge in [0.15, 0.2) is 0 Å². The Morgan fingerprint density at radius 3 is 2.64 bits per heavy atom. The number of aliphatic carboxylic acids is 1. The number of hydrogen-bond donors (Lipinski definition) is 2. The van der Waals surface area contributed by atoms with Crippen LogP contribution in [0.3, 0.4) is 0 Å². The van der Waals surface area contributed by atoms with Crippen LogP contribution in [0.15, 0.2) is 0 Å². The second-order valence-corrected chi connectivity index (χ2v) is 5.21. The standard InChI is InChI=1S/C10H21NO2S/c1-4-8(2)7-14-6-5-10(3,11)9(12)13/h8H,4-7,11H2,1-3H3,(H,12,13). The van der Waals surface area contributed by atoms with E-state index in [2.05, 4.69) is 13.8 Å². The molecule has 0 aliphatic heterocycles. The fraction of sp³-hybridized carbons (Fsp3) is 0.900. The molecule has 2 atom stereocenters. The zero-order valence-electron chi connectivity index (χ0n) is 9.25. The van der Waals surface area contributed by atoms with Gasteiger partial charge in [-0.2, -0.15) is 11.8 Å². The highest BCUT2D eigenvalue weighted by atomic mass is 32.2. The second kappa shape index (κ2) is 6.30. The van der Waals surface area contributed by atoms with Crippen LogP contribution in [0.5, 0.6) is 0 Å². The summed E-state index contributed by atoms with van der Waals surface area (Å²) in [6, 6.07) is 0. The predicted octanol–water partition coefficient (Wildman–Crippen LogP) is 1.96. The van der Waals surface area contributed by atoms with Crippen molar-refractivity contribution in [3.63, 3.8) is 0 Å². The van der Waals surface area contributed by atoms with Crippen molar-refractivity contribution in [2.45, 2.75) is 39.2 Å². The number of carboxylic acid groups (broad SMARTS) is 1. The van der Waals surface area contributed by atoms with Crippen LogP contribution in [0.4, 0.5) is 0 Å². The van der Waals surface area contributed by atoms with Gasteiger partial charge in [0.1, 0.15) is 5.54 Å². The van der Waals surface area contributed by atoms with E-state index in [1.807, 2.05) is 0 Å². The molecule has 0 aromatic heterocycles. The molecule has 14 heavy (non-hydrogen) atoms. The lowest BCUT2D eigenvalue weighted by Gasteiger charge is -2.18. The Morgan fingerprint density at radius 1 is 1.64 bits per heavy atom. The van der Waals surface area contributed by atoms with Gasteiger partial charge in [-0.05, 0) is 30.8 Å². The largest absolute Gasteiger partial charge is 0.480 e. The second-order valence-electron chi connectivity index (χ2n) is 4.06. The molecule has 3 nitrogen and oxygen atoms in total. The van der Waals surface area contributed by atoms with E-state index in [1.165, 1.54) is 6.42 Å². The number of thioether (sulfide) groups is 1. The molecule has 0 saturated heterocycles. The lowest BCUT2D eigenvalue weighted by atomic mass is 10.0. The third-order valence-corrected chi connectivity index (χ3v) is 3.65. The molecule has 0 heterocycles. The van der Waals surface area contributed by atoms with Gasteiger partial charge in [-0.15, -0.1) is 0 Å². The van der Waals surface area contributed by atoms with Gasteiger partial charge in [0.05, 0.1) is 0 Å². The Balaban J connectivity index is 3.59. The molecule has 0 rings (SSSR count). The van der Waals surface area contributed by atoms with Gasteiger partial charge in [-0.25, -0.2) is 0 Å². The zero-order valence-corrected chi connectivity index (χ0v) is 10.1. The predicted molar refractivity (Wildman–Crippen MR) is 61.6 cm³/mol. The average Bonchev–Trinajstić information content (AvgIpc) is 2.11. The van der Waals surface area contributed by atoms with Crippen molar-refractivity contribution < 1.29 is 9.90 Å². The van der Waals surface area contributed by atoms with E-state index in [0.29, 0.717) is 12.3 Å². The molecule has 0 saturated carbocycles. The first-order chi connectivity index (χ1) is 6.40. The van der Waals surface area contributed by atoms with Gasteiger partial charge in [0.2, 0.25) is 0 Å². The highest BCUT2D eigenvalue weighted by Gasteiger charge is 2.26. The highest BCUT2D eigenvalue weighted by Crippen LogP contribution is 2.16. The van der Waals surface area contributed by atoms with Crippen molar-refractivity contribution in [3.05, 3.63) is 0 Å². The highest BCUT2D eigenvalue weighted by molar-refractivity contribution is 7.99.